The van der Waals surface area contributed by atoms with Crippen molar-refractivity contribution in [3.8, 4) is 0 Å². The minimum absolute atomic E-state index is 0.382. The molecule has 0 saturated carbocycles. The second-order valence-corrected chi connectivity index (χ2v) is 3.62. The van der Waals surface area contributed by atoms with E-state index in [0.717, 1.165) is 11.3 Å². The van der Waals surface area contributed by atoms with E-state index in [1.807, 2.05) is 31.2 Å². The van der Waals surface area contributed by atoms with Crippen molar-refractivity contribution in [2.24, 2.45) is 0 Å². The van der Waals surface area contributed by atoms with Gasteiger partial charge in [0.15, 0.2) is 0 Å². The van der Waals surface area contributed by atoms with Gasteiger partial charge < -0.3 is 5.73 Å². The summed E-state index contributed by atoms with van der Waals surface area (Å²) in [6.07, 6.45) is 0. The van der Waals surface area contributed by atoms with E-state index in [4.69, 9.17) is 26.0 Å². The van der Waals surface area contributed by atoms with Crippen LogP contribution in [0.1, 0.15) is 5.56 Å². The predicted molar refractivity (Wildman–Crippen MR) is 47.3 cm³/mol. The molecule has 0 bridgehead atoms. The maximum absolute atomic E-state index is 5.52. The van der Waals surface area contributed by atoms with Gasteiger partial charge in [0.05, 0.1) is 0 Å². The van der Waals surface area contributed by atoms with Gasteiger partial charge in [-0.15, -0.1) is 0 Å². The predicted octanol–water partition coefficient (Wildman–Crippen LogP) is 2.95. The van der Waals surface area contributed by atoms with Crippen LogP contribution in [0.25, 0.3) is 0 Å². The van der Waals surface area contributed by atoms with Crippen LogP contribution >= 0.6 is 20.3 Å². The van der Waals surface area contributed by atoms with E-state index in [1.165, 1.54) is 0 Å². The molecule has 0 atom stereocenters. The molecular formula is C7H9Cl2CoN. The van der Waals surface area contributed by atoms with E-state index in [1.54, 1.807) is 0 Å². The van der Waals surface area contributed by atoms with Crippen molar-refractivity contribution in [2.45, 2.75) is 6.92 Å². The molecule has 0 unspecified atom stereocenters. The first-order valence-electron chi connectivity index (χ1n) is 2.87. The van der Waals surface area contributed by atoms with Crippen molar-refractivity contribution in [1.29, 1.82) is 0 Å². The molecule has 1 nitrogen and oxygen atoms in total. The number of rotatable bonds is 0. The fourth-order valence-corrected chi connectivity index (χ4v) is 0.587. The van der Waals surface area contributed by atoms with E-state index < -0.39 is 0 Å². The van der Waals surface area contributed by atoms with Gasteiger partial charge in [-0.1, -0.05) is 18.2 Å². The van der Waals surface area contributed by atoms with E-state index in [2.05, 4.69) is 0 Å². The number of nitrogen functional groups attached to an aromatic ring is 1. The Kier molecular flexibility index (Phi) is 6.86. The third-order valence-corrected chi connectivity index (χ3v) is 1.19. The minimum atomic E-state index is 0.382. The monoisotopic (exact) mass is 236 g/mol. The molecule has 0 amide bonds. The van der Waals surface area contributed by atoms with Gasteiger partial charge in [0, 0.05) is 5.69 Å². The molecule has 1 aromatic carbocycles. The molecule has 2 N–H and O–H groups in total. The Bertz CT molecular complexity index is 184. The average Bonchev–Trinajstić information content (AvgIpc) is 1.97. The van der Waals surface area contributed by atoms with Crippen molar-refractivity contribution < 1.29 is 12.9 Å². The van der Waals surface area contributed by atoms with E-state index >= 15 is 0 Å². The molecular weight excluding hydrogens is 228 g/mol. The van der Waals surface area contributed by atoms with Gasteiger partial charge in [-0.3, -0.25) is 0 Å². The van der Waals surface area contributed by atoms with E-state index in [9.17, 15) is 0 Å². The second-order valence-electron chi connectivity index (χ2n) is 1.90. The number of halogens is 2. The molecule has 11 heavy (non-hydrogen) atoms. The zero-order valence-electron chi connectivity index (χ0n) is 5.98. The number of aryl methyl sites for hydroxylation is 1. The van der Waals surface area contributed by atoms with Crippen molar-refractivity contribution in [1.82, 2.24) is 0 Å². The Labute approximate surface area is 81.4 Å². The van der Waals surface area contributed by atoms with Crippen LogP contribution in [0.5, 0.6) is 0 Å². The van der Waals surface area contributed by atoms with Crippen LogP contribution in [0.3, 0.4) is 0 Å². The summed E-state index contributed by atoms with van der Waals surface area (Å²) in [6.45, 7) is 2.00. The first-order valence-corrected chi connectivity index (χ1v) is 5.73. The summed E-state index contributed by atoms with van der Waals surface area (Å²) in [4.78, 5) is 0. The van der Waals surface area contributed by atoms with E-state index in [0.29, 0.717) is 12.9 Å². The fourth-order valence-electron chi connectivity index (χ4n) is 0.587. The van der Waals surface area contributed by atoms with E-state index in [-0.39, 0.29) is 0 Å². The van der Waals surface area contributed by atoms with Crippen LogP contribution in [-0.4, -0.2) is 0 Å². The van der Waals surface area contributed by atoms with Crippen molar-refractivity contribution in [3.63, 3.8) is 0 Å². The molecule has 0 aliphatic heterocycles. The third-order valence-electron chi connectivity index (χ3n) is 1.19. The zero-order chi connectivity index (χ0) is 8.69. The van der Waals surface area contributed by atoms with Crippen molar-refractivity contribution in [3.05, 3.63) is 29.8 Å². The molecule has 0 aliphatic rings. The Morgan fingerprint density at radius 1 is 1.27 bits per heavy atom. The fraction of sp³-hybridized carbons (Fsp3) is 0.143. The van der Waals surface area contributed by atoms with Gasteiger partial charge in [-0.2, -0.15) is 0 Å². The summed E-state index contributed by atoms with van der Waals surface area (Å²) in [5, 5.41) is 0. The number of para-hydroxylation sites is 1. The van der Waals surface area contributed by atoms with Gasteiger partial charge >= 0.3 is 33.2 Å². The molecule has 1 rings (SSSR count). The summed E-state index contributed by atoms with van der Waals surface area (Å²) in [7, 11) is 9.47. The molecule has 1 aromatic rings. The standard InChI is InChI=1S/C7H9N.2ClH.Co/c1-6-4-2-3-5-7(6)8;;;/h2-5H,8H2,1H3;2*1H;/q;;;+2/p-2. The molecule has 0 fully saturated rings. The van der Waals surface area contributed by atoms with Crippen LogP contribution in [-0.2, 0) is 12.9 Å². The number of anilines is 1. The van der Waals surface area contributed by atoms with Crippen molar-refractivity contribution >= 4 is 26.0 Å². The molecule has 4 heteroatoms. The average molecular weight is 237 g/mol. The molecule has 0 aromatic heterocycles. The Hall–Kier alpha value is 0.106. The SMILES string of the molecule is Cc1ccccc1N.[Cl][Co][Cl]. The topological polar surface area (TPSA) is 26.0 Å². The van der Waals surface area contributed by atoms with Gasteiger partial charge in [-0.25, -0.2) is 0 Å². The maximum atomic E-state index is 5.52. The van der Waals surface area contributed by atoms with Gasteiger partial charge in [0.25, 0.3) is 0 Å². The second kappa shape index (κ2) is 6.79. The Morgan fingerprint density at radius 2 is 1.73 bits per heavy atom. The molecule has 0 saturated heterocycles. The molecule has 0 radical (unpaired) electrons. The molecule has 0 heterocycles. The zero-order valence-corrected chi connectivity index (χ0v) is 8.53. The van der Waals surface area contributed by atoms with Gasteiger partial charge in [-0.05, 0) is 18.6 Å². The summed E-state index contributed by atoms with van der Waals surface area (Å²) in [6, 6.07) is 7.80. The van der Waals surface area contributed by atoms with Gasteiger partial charge in [0.1, 0.15) is 0 Å². The molecule has 0 spiro atoms. The number of benzene rings is 1. The first-order chi connectivity index (χ1) is 5.22. The normalized spacial score (nSPS) is 8.64. The van der Waals surface area contributed by atoms with Crippen LogP contribution in [0.2, 0.25) is 0 Å². The summed E-state index contributed by atoms with van der Waals surface area (Å²) in [5.41, 5.74) is 7.53. The summed E-state index contributed by atoms with van der Waals surface area (Å²) >= 11 is 0.382. The third kappa shape index (κ3) is 5.38. The van der Waals surface area contributed by atoms with Crippen molar-refractivity contribution in [2.75, 3.05) is 5.73 Å². The van der Waals surface area contributed by atoms with Gasteiger partial charge in [0.2, 0.25) is 0 Å². The summed E-state index contributed by atoms with van der Waals surface area (Å²) < 4.78 is 0. The number of hydrogen-bond donors (Lipinski definition) is 1. The Balaban J connectivity index is 0.000000292. The number of hydrogen-bond acceptors (Lipinski definition) is 1. The van der Waals surface area contributed by atoms with Crippen LogP contribution in [0.15, 0.2) is 24.3 Å². The Morgan fingerprint density at radius 3 is 2.00 bits per heavy atom. The quantitative estimate of drug-likeness (QED) is 0.689. The first kappa shape index (κ1) is 11.1. The van der Waals surface area contributed by atoms with Crippen LogP contribution in [0.4, 0.5) is 5.69 Å². The molecule has 65 valence electrons. The number of nitrogens with two attached hydrogens (primary N) is 1. The summed E-state index contributed by atoms with van der Waals surface area (Å²) in [5.74, 6) is 0. The van der Waals surface area contributed by atoms with Crippen LogP contribution < -0.4 is 5.73 Å². The molecule has 0 aliphatic carbocycles. The van der Waals surface area contributed by atoms with Crippen LogP contribution in [0, 0.1) is 6.92 Å².